The molecule has 1 N–H and O–H groups in total. The molecule has 0 spiro atoms. The van der Waals surface area contributed by atoms with E-state index in [1.807, 2.05) is 35.3 Å². The zero-order valence-corrected chi connectivity index (χ0v) is 22.3. The van der Waals surface area contributed by atoms with E-state index < -0.39 is 0 Å². The van der Waals surface area contributed by atoms with Gasteiger partial charge < -0.3 is 24.0 Å². The van der Waals surface area contributed by atoms with Gasteiger partial charge in [0.1, 0.15) is 18.8 Å². The van der Waals surface area contributed by atoms with E-state index in [1.165, 1.54) is 6.42 Å². The van der Waals surface area contributed by atoms with Gasteiger partial charge in [0.25, 0.3) is 0 Å². The maximum atomic E-state index is 13.3. The summed E-state index contributed by atoms with van der Waals surface area (Å²) in [6, 6.07) is 12.8. The number of rotatable bonds is 5. The Balaban J connectivity index is 0.00000289. The number of carbonyl (C=O) groups is 1. The van der Waals surface area contributed by atoms with Gasteiger partial charge in [-0.2, -0.15) is 10.5 Å². The molecule has 2 aliphatic rings. The van der Waals surface area contributed by atoms with Crippen LogP contribution >= 0.6 is 34.8 Å². The third-order valence-electron chi connectivity index (χ3n) is 6.20. The molecule has 1 saturated heterocycles. The Morgan fingerprint density at radius 1 is 1.06 bits per heavy atom. The number of halogens is 4. The Labute approximate surface area is 221 Å². The number of benzene rings is 2. The molecule has 5 nitrogen and oxygen atoms in total. The minimum atomic E-state index is -0.159. The first-order chi connectivity index (χ1) is 14.9. The molecular formula is C23H26Cl3IN4O. The molecule has 9 heteroatoms. The van der Waals surface area contributed by atoms with Crippen LogP contribution in [0.2, 0.25) is 15.1 Å². The fourth-order valence-corrected chi connectivity index (χ4v) is 5.01. The summed E-state index contributed by atoms with van der Waals surface area (Å²) in [6.07, 6.45) is 3.95. The number of carbonyl (C=O) groups excluding carboxylic acids is 1. The number of hydrogen-bond acceptors (Lipinski definition) is 3. The normalized spacial score (nSPS) is 19.8. The predicted octanol–water partition coefficient (Wildman–Crippen LogP) is 3.01. The molecule has 32 heavy (non-hydrogen) atoms. The lowest BCUT2D eigenvalue weighted by atomic mass is 10.0. The van der Waals surface area contributed by atoms with Crippen LogP contribution in [0.3, 0.4) is 0 Å². The van der Waals surface area contributed by atoms with Crippen LogP contribution in [0.1, 0.15) is 44.2 Å². The van der Waals surface area contributed by atoms with Crippen LogP contribution < -0.4 is 34.4 Å². The second-order valence-corrected chi connectivity index (χ2v) is 9.45. The number of nitrogens with zero attached hydrogens (tertiary/aromatic N) is 3. The molecule has 1 amide bonds. The van der Waals surface area contributed by atoms with E-state index in [-0.39, 0.29) is 35.9 Å². The van der Waals surface area contributed by atoms with Crippen LogP contribution in [-0.4, -0.2) is 35.8 Å². The number of nitrogens with one attached hydrogen (secondary N) is 1. The molecule has 4 rings (SSSR count). The van der Waals surface area contributed by atoms with Crippen molar-refractivity contribution >= 4 is 52.1 Å². The quantitative estimate of drug-likeness (QED) is 0.420. The highest BCUT2D eigenvalue weighted by Crippen LogP contribution is 2.40. The average molecular weight is 608 g/mol. The molecule has 0 unspecified atom stereocenters. The molecule has 0 bridgehead atoms. The van der Waals surface area contributed by atoms with Crippen LogP contribution in [0, 0.1) is 0 Å². The number of anilines is 1. The molecule has 1 fully saturated rings. The van der Waals surface area contributed by atoms with E-state index in [0.717, 1.165) is 38.0 Å². The first kappa shape index (κ1) is 25.6. The number of likely N-dealkylation sites (tertiary alicyclic amines) is 1. The van der Waals surface area contributed by atoms with E-state index in [0.29, 0.717) is 37.5 Å². The fraction of sp³-hybridized carbons (Fsp3) is 0.391. The molecule has 0 saturated carbocycles. The molecule has 0 aromatic heterocycles. The first-order valence-corrected chi connectivity index (χ1v) is 11.8. The van der Waals surface area contributed by atoms with Crippen LogP contribution in [0.5, 0.6) is 0 Å². The topological polar surface area (TPSA) is 44.7 Å². The van der Waals surface area contributed by atoms with Gasteiger partial charge in [0, 0.05) is 16.5 Å². The van der Waals surface area contributed by atoms with E-state index in [4.69, 9.17) is 39.9 Å². The second-order valence-electron chi connectivity index (χ2n) is 8.17. The number of piperidine rings is 1. The van der Waals surface area contributed by atoms with Gasteiger partial charge in [0.05, 0.1) is 23.3 Å². The standard InChI is InChI=1S/C23H25Cl3N4O.HI/c1-2-30(12-4-3-5-13-30)28-23(31)20-15-22(16-6-8-17(24)9-7-16)29(27-20)21-11-10-18(25)14-19(21)26;/h6-11,14,22H,2-5,12-13,15H2,1H3;1H/t22-;/m0./s1. The van der Waals surface area contributed by atoms with Gasteiger partial charge in [-0.3, -0.25) is 9.80 Å². The van der Waals surface area contributed by atoms with Crippen molar-refractivity contribution in [3.05, 3.63) is 63.1 Å². The van der Waals surface area contributed by atoms with Crippen molar-refractivity contribution in [2.24, 2.45) is 5.10 Å². The summed E-state index contributed by atoms with van der Waals surface area (Å²) < 4.78 is 0.616. The van der Waals surface area contributed by atoms with Gasteiger partial charge in [-0.25, -0.2) is 4.59 Å². The summed E-state index contributed by atoms with van der Waals surface area (Å²) in [4.78, 5) is 13.3. The molecule has 2 aromatic rings. The van der Waals surface area contributed by atoms with E-state index in [2.05, 4.69) is 12.3 Å². The van der Waals surface area contributed by atoms with Crippen molar-refractivity contribution in [2.75, 3.05) is 24.6 Å². The Kier molecular flexibility index (Phi) is 8.72. The van der Waals surface area contributed by atoms with Crippen molar-refractivity contribution in [2.45, 2.75) is 38.6 Å². The number of hydrazone groups is 1. The van der Waals surface area contributed by atoms with Crippen LogP contribution in [0.15, 0.2) is 47.6 Å². The van der Waals surface area contributed by atoms with E-state index in [9.17, 15) is 4.79 Å². The largest absolute Gasteiger partial charge is 1.00 e. The first-order valence-electron chi connectivity index (χ1n) is 10.7. The average Bonchev–Trinajstić information content (AvgIpc) is 3.20. The minimum absolute atomic E-state index is 0. The van der Waals surface area contributed by atoms with Crippen LogP contribution in [-0.2, 0) is 4.79 Å². The third-order valence-corrected chi connectivity index (χ3v) is 6.99. The molecule has 172 valence electrons. The lowest BCUT2D eigenvalue weighted by Gasteiger charge is -2.39. The predicted molar refractivity (Wildman–Crippen MR) is 128 cm³/mol. The molecule has 1 atom stereocenters. The van der Waals surface area contributed by atoms with Crippen molar-refractivity contribution in [1.29, 1.82) is 0 Å². The zero-order chi connectivity index (χ0) is 22.0. The van der Waals surface area contributed by atoms with Crippen molar-refractivity contribution in [3.8, 4) is 0 Å². The summed E-state index contributed by atoms with van der Waals surface area (Å²) >= 11 is 18.7. The summed E-state index contributed by atoms with van der Waals surface area (Å²) in [5, 5.41) is 8.26. The number of quaternary nitrogens is 1. The van der Waals surface area contributed by atoms with Gasteiger partial charge in [-0.1, -0.05) is 46.9 Å². The maximum absolute atomic E-state index is 13.3. The Bertz CT molecular complexity index is 993. The van der Waals surface area contributed by atoms with E-state index >= 15 is 0 Å². The van der Waals surface area contributed by atoms with E-state index in [1.54, 1.807) is 12.1 Å². The Hall–Kier alpha value is -1.06. The highest BCUT2D eigenvalue weighted by atomic mass is 127. The molecule has 0 radical (unpaired) electrons. The highest BCUT2D eigenvalue weighted by molar-refractivity contribution is 6.40. The maximum Gasteiger partial charge on any atom is 0.312 e. The molecular weight excluding hydrogens is 582 g/mol. The Morgan fingerprint density at radius 3 is 2.34 bits per heavy atom. The summed E-state index contributed by atoms with van der Waals surface area (Å²) in [5.74, 6) is -0.115. The van der Waals surface area contributed by atoms with Crippen molar-refractivity contribution in [1.82, 2.24) is 5.43 Å². The minimum Gasteiger partial charge on any atom is -1.00 e. The summed E-state index contributed by atoms with van der Waals surface area (Å²) in [5.41, 5.74) is 5.50. The Morgan fingerprint density at radius 2 is 1.72 bits per heavy atom. The highest BCUT2D eigenvalue weighted by Gasteiger charge is 2.37. The van der Waals surface area contributed by atoms with Gasteiger partial charge >= 0.3 is 5.91 Å². The SMILES string of the molecule is CC[N+]1(NC(=O)C2=NN(c3ccc(Cl)cc3Cl)[C@H](c3ccc(Cl)cc3)C2)CCCCC1.[I-]. The smallest absolute Gasteiger partial charge is 0.312 e. The van der Waals surface area contributed by atoms with Gasteiger partial charge in [-0.05, 0) is 62.1 Å². The second kappa shape index (κ2) is 10.9. The van der Waals surface area contributed by atoms with Crippen LogP contribution in [0.4, 0.5) is 5.69 Å². The lowest BCUT2D eigenvalue weighted by molar-refractivity contribution is -0.963. The summed E-state index contributed by atoms with van der Waals surface area (Å²) in [7, 11) is 0. The van der Waals surface area contributed by atoms with Gasteiger partial charge in [0.2, 0.25) is 0 Å². The molecule has 2 aromatic carbocycles. The monoisotopic (exact) mass is 606 g/mol. The number of amides is 1. The fourth-order valence-electron chi connectivity index (χ4n) is 4.39. The molecule has 2 aliphatic heterocycles. The molecule has 2 heterocycles. The van der Waals surface area contributed by atoms with Gasteiger partial charge in [0.15, 0.2) is 0 Å². The zero-order valence-electron chi connectivity index (χ0n) is 17.8. The van der Waals surface area contributed by atoms with Crippen molar-refractivity contribution in [3.63, 3.8) is 0 Å². The molecule has 0 aliphatic carbocycles. The third kappa shape index (κ3) is 5.53. The lowest BCUT2D eigenvalue weighted by Crippen LogP contribution is -3.00. The van der Waals surface area contributed by atoms with Crippen molar-refractivity contribution < 1.29 is 33.4 Å². The summed E-state index contributed by atoms with van der Waals surface area (Å²) in [6.45, 7) is 4.91. The number of hydrogen-bond donors (Lipinski definition) is 1. The van der Waals surface area contributed by atoms with Gasteiger partial charge in [-0.15, -0.1) is 0 Å². The van der Waals surface area contributed by atoms with Crippen LogP contribution in [0.25, 0.3) is 0 Å².